The molecule has 0 bridgehead atoms. The molecule has 1 aromatic heterocycles. The molecule has 1 saturated heterocycles. The molecule has 0 saturated carbocycles. The van der Waals surface area contributed by atoms with E-state index in [0.717, 1.165) is 0 Å². The lowest BCUT2D eigenvalue weighted by atomic mass is 10.2. The van der Waals surface area contributed by atoms with E-state index >= 15 is 0 Å². The Morgan fingerprint density at radius 1 is 1.50 bits per heavy atom. The summed E-state index contributed by atoms with van der Waals surface area (Å²) in [6, 6.07) is -1.23. The van der Waals surface area contributed by atoms with Crippen LogP contribution < -0.4 is 10.6 Å². The molecule has 0 spiro atoms. The Morgan fingerprint density at radius 2 is 2.21 bits per heavy atom. The van der Waals surface area contributed by atoms with Crippen LogP contribution in [0.25, 0.3) is 0 Å². The highest BCUT2D eigenvalue weighted by molar-refractivity contribution is 9.10. The van der Waals surface area contributed by atoms with Gasteiger partial charge in [0.2, 0.25) is 0 Å². The molecule has 8 heteroatoms. The summed E-state index contributed by atoms with van der Waals surface area (Å²) in [6.07, 6.45) is 0. The van der Waals surface area contributed by atoms with Crippen molar-refractivity contribution in [1.29, 1.82) is 0 Å². The zero-order valence-electron chi connectivity index (χ0n) is 7.11. The van der Waals surface area contributed by atoms with Crippen LogP contribution in [0.1, 0.15) is 11.7 Å². The minimum absolute atomic E-state index is 0.402. The Labute approximate surface area is 87.0 Å². The van der Waals surface area contributed by atoms with Gasteiger partial charge >= 0.3 is 6.03 Å². The van der Waals surface area contributed by atoms with Gasteiger partial charge in [-0.25, -0.2) is 9.48 Å². The summed E-state index contributed by atoms with van der Waals surface area (Å²) >= 11 is 3.15. The van der Waals surface area contributed by atoms with Crippen LogP contribution >= 0.6 is 15.9 Å². The van der Waals surface area contributed by atoms with E-state index in [1.807, 2.05) is 0 Å². The van der Waals surface area contributed by atoms with Crippen molar-refractivity contribution < 1.29 is 9.59 Å². The van der Waals surface area contributed by atoms with Crippen molar-refractivity contribution in [2.24, 2.45) is 7.05 Å². The number of amides is 3. The fourth-order valence-corrected chi connectivity index (χ4v) is 1.81. The summed E-state index contributed by atoms with van der Waals surface area (Å²) in [5.74, 6) is -0.402. The molecular weight excluding hydrogens is 254 g/mol. The molecule has 3 amide bonds. The quantitative estimate of drug-likeness (QED) is 0.663. The SMILES string of the molecule is Cn1nnc(Br)c1C1NC(=O)NC1=O. The minimum Gasteiger partial charge on any atom is -0.320 e. The molecule has 7 nitrogen and oxygen atoms in total. The van der Waals surface area contributed by atoms with Gasteiger partial charge in [0.05, 0.1) is 0 Å². The van der Waals surface area contributed by atoms with E-state index < -0.39 is 18.0 Å². The van der Waals surface area contributed by atoms with Gasteiger partial charge in [0, 0.05) is 7.05 Å². The van der Waals surface area contributed by atoms with Gasteiger partial charge in [0.1, 0.15) is 5.69 Å². The summed E-state index contributed by atoms with van der Waals surface area (Å²) in [4.78, 5) is 22.2. The number of rotatable bonds is 1. The van der Waals surface area contributed by atoms with E-state index in [-0.39, 0.29) is 0 Å². The van der Waals surface area contributed by atoms with Crippen molar-refractivity contribution in [3.63, 3.8) is 0 Å². The number of carbonyl (C=O) groups excluding carboxylic acids is 2. The second kappa shape index (κ2) is 3.05. The Hall–Kier alpha value is -1.44. The van der Waals surface area contributed by atoms with Crippen molar-refractivity contribution in [2.75, 3.05) is 0 Å². The molecule has 2 rings (SSSR count). The smallest absolute Gasteiger partial charge is 0.320 e. The van der Waals surface area contributed by atoms with Crippen molar-refractivity contribution in [2.45, 2.75) is 6.04 Å². The lowest BCUT2D eigenvalue weighted by molar-refractivity contribution is -0.120. The third-order valence-electron chi connectivity index (χ3n) is 1.87. The summed E-state index contributed by atoms with van der Waals surface area (Å²) in [6.45, 7) is 0. The highest BCUT2D eigenvalue weighted by Gasteiger charge is 2.35. The topological polar surface area (TPSA) is 88.9 Å². The molecule has 74 valence electrons. The minimum atomic E-state index is -0.725. The Balaban J connectivity index is 2.40. The number of aromatic nitrogens is 3. The summed E-state index contributed by atoms with van der Waals surface area (Å²) < 4.78 is 1.88. The maximum Gasteiger partial charge on any atom is 0.322 e. The molecule has 1 unspecified atom stereocenters. The Bertz CT molecular complexity index is 395. The summed E-state index contributed by atoms with van der Waals surface area (Å²) in [5, 5.41) is 12.0. The average Bonchev–Trinajstić information content (AvgIpc) is 2.57. The van der Waals surface area contributed by atoms with Crippen molar-refractivity contribution in [3.05, 3.63) is 10.3 Å². The number of imide groups is 1. The first-order chi connectivity index (χ1) is 6.59. The van der Waals surface area contributed by atoms with E-state index in [2.05, 4.69) is 36.9 Å². The first-order valence-electron chi connectivity index (χ1n) is 3.76. The van der Waals surface area contributed by atoms with Crippen LogP contribution in [0.3, 0.4) is 0 Å². The molecule has 0 radical (unpaired) electrons. The number of carbonyl (C=O) groups is 2. The van der Waals surface area contributed by atoms with Crippen LogP contribution in [-0.2, 0) is 11.8 Å². The second-order valence-electron chi connectivity index (χ2n) is 2.78. The summed E-state index contributed by atoms with van der Waals surface area (Å²) in [5.41, 5.74) is 0.522. The van der Waals surface area contributed by atoms with Crippen LogP contribution in [0.15, 0.2) is 4.60 Å². The molecule has 14 heavy (non-hydrogen) atoms. The van der Waals surface area contributed by atoms with Crippen LogP contribution in [0.2, 0.25) is 0 Å². The van der Waals surface area contributed by atoms with Gasteiger partial charge in [0.15, 0.2) is 10.6 Å². The zero-order chi connectivity index (χ0) is 10.3. The number of halogens is 1. The number of hydrogen-bond donors (Lipinski definition) is 2. The van der Waals surface area contributed by atoms with Crippen molar-refractivity contribution >= 4 is 27.9 Å². The second-order valence-corrected chi connectivity index (χ2v) is 3.54. The number of aryl methyl sites for hydroxylation is 1. The lowest BCUT2D eigenvalue weighted by Gasteiger charge is -2.06. The Morgan fingerprint density at radius 3 is 2.64 bits per heavy atom. The van der Waals surface area contributed by atoms with E-state index in [0.29, 0.717) is 10.3 Å². The maximum atomic E-state index is 11.3. The monoisotopic (exact) mass is 259 g/mol. The molecular formula is C6H6BrN5O2. The maximum absolute atomic E-state index is 11.3. The van der Waals surface area contributed by atoms with Crippen LogP contribution in [-0.4, -0.2) is 26.9 Å². The fraction of sp³-hybridized carbons (Fsp3) is 0.333. The standard InChI is InChI=1S/C6H6BrN5O2/c1-12-3(4(7)10-11-12)2-5(13)9-6(14)8-2/h2H,1H3,(H2,8,9,13,14). The average molecular weight is 260 g/mol. The molecule has 1 aliphatic rings. The van der Waals surface area contributed by atoms with Gasteiger partial charge in [-0.15, -0.1) is 5.10 Å². The van der Waals surface area contributed by atoms with Crippen LogP contribution in [0.5, 0.6) is 0 Å². The highest BCUT2D eigenvalue weighted by atomic mass is 79.9. The number of nitrogens with one attached hydrogen (secondary N) is 2. The van der Waals surface area contributed by atoms with E-state index in [1.165, 1.54) is 4.68 Å². The van der Waals surface area contributed by atoms with Gasteiger partial charge < -0.3 is 5.32 Å². The van der Waals surface area contributed by atoms with E-state index in [1.54, 1.807) is 7.05 Å². The van der Waals surface area contributed by atoms with Gasteiger partial charge in [0.25, 0.3) is 5.91 Å². The fourth-order valence-electron chi connectivity index (χ4n) is 1.25. The molecule has 0 aromatic carbocycles. The van der Waals surface area contributed by atoms with Gasteiger partial charge in [-0.2, -0.15) is 0 Å². The highest BCUT2D eigenvalue weighted by Crippen LogP contribution is 2.22. The first kappa shape index (κ1) is 9.13. The van der Waals surface area contributed by atoms with Gasteiger partial charge in [-0.05, 0) is 15.9 Å². The normalized spacial score (nSPS) is 20.9. The molecule has 1 aromatic rings. The molecule has 1 atom stereocenters. The van der Waals surface area contributed by atoms with Crippen LogP contribution in [0.4, 0.5) is 4.79 Å². The lowest BCUT2D eigenvalue weighted by Crippen LogP contribution is -2.23. The van der Waals surface area contributed by atoms with Gasteiger partial charge in [-0.1, -0.05) is 5.21 Å². The zero-order valence-corrected chi connectivity index (χ0v) is 8.70. The Kier molecular flexibility index (Phi) is 1.99. The van der Waals surface area contributed by atoms with Crippen LogP contribution in [0, 0.1) is 0 Å². The van der Waals surface area contributed by atoms with Gasteiger partial charge in [-0.3, -0.25) is 10.1 Å². The summed E-state index contributed by atoms with van der Waals surface area (Å²) in [7, 11) is 1.64. The van der Waals surface area contributed by atoms with E-state index in [4.69, 9.17) is 0 Å². The predicted octanol–water partition coefficient (Wildman–Crippen LogP) is -0.542. The molecule has 2 N–H and O–H groups in total. The molecule has 0 aliphatic carbocycles. The van der Waals surface area contributed by atoms with Crippen molar-refractivity contribution in [3.8, 4) is 0 Å². The number of urea groups is 1. The molecule has 1 aliphatic heterocycles. The largest absolute Gasteiger partial charge is 0.322 e. The van der Waals surface area contributed by atoms with E-state index in [9.17, 15) is 9.59 Å². The molecule has 1 fully saturated rings. The first-order valence-corrected chi connectivity index (χ1v) is 4.55. The molecule has 2 heterocycles. The third kappa shape index (κ3) is 1.27. The van der Waals surface area contributed by atoms with Crippen molar-refractivity contribution in [1.82, 2.24) is 25.6 Å². The third-order valence-corrected chi connectivity index (χ3v) is 2.44. The predicted molar refractivity (Wildman–Crippen MR) is 48.1 cm³/mol. The number of nitrogens with zero attached hydrogens (tertiary/aromatic N) is 3. The number of hydrogen-bond acceptors (Lipinski definition) is 4.